The van der Waals surface area contributed by atoms with Crippen molar-refractivity contribution in [3.8, 4) is 0 Å². The number of unbranched alkanes of at least 4 members (excludes halogenated alkanes) is 1. The summed E-state index contributed by atoms with van der Waals surface area (Å²) in [6.45, 7) is 7.29. The van der Waals surface area contributed by atoms with Crippen LogP contribution in [0.4, 0.5) is 0 Å². The van der Waals surface area contributed by atoms with E-state index in [2.05, 4.69) is 13.5 Å². The fourth-order valence-corrected chi connectivity index (χ4v) is 1.84. The lowest BCUT2D eigenvalue weighted by Crippen LogP contribution is -2.39. The van der Waals surface area contributed by atoms with Crippen molar-refractivity contribution in [2.24, 2.45) is 11.8 Å². The minimum absolute atomic E-state index is 0.189. The van der Waals surface area contributed by atoms with Gasteiger partial charge in [0.25, 0.3) is 0 Å². The highest BCUT2D eigenvalue weighted by molar-refractivity contribution is 5.91. The van der Waals surface area contributed by atoms with Crippen LogP contribution >= 0.6 is 0 Å². The van der Waals surface area contributed by atoms with Gasteiger partial charge >= 0.3 is 0 Å². The minimum atomic E-state index is -1.51. The Morgan fingerprint density at radius 1 is 1.24 bits per heavy atom. The zero-order chi connectivity index (χ0) is 13.4. The smallest absolute Gasteiger partial charge is 0.0675 e. The Balaban J connectivity index is 4.56. The zero-order valence-electron chi connectivity index (χ0n) is 10.5. The molecule has 0 aliphatic rings. The summed E-state index contributed by atoms with van der Waals surface area (Å²) in [4.78, 5) is 21.5. The van der Waals surface area contributed by atoms with Gasteiger partial charge in [-0.05, 0) is 17.9 Å². The molecule has 0 amide bonds. The topological polar surface area (TPSA) is 80.3 Å². The van der Waals surface area contributed by atoms with E-state index in [0.29, 0.717) is 0 Å². The van der Waals surface area contributed by atoms with E-state index in [-0.39, 0.29) is 17.9 Å². The molecular weight excluding hydrogens is 220 g/mol. The molecule has 2 unspecified atom stereocenters. The molecule has 0 spiro atoms. The molecule has 0 saturated carbocycles. The van der Waals surface area contributed by atoms with E-state index >= 15 is 0 Å². The van der Waals surface area contributed by atoms with Gasteiger partial charge in [0, 0.05) is 11.9 Å². The fourth-order valence-electron chi connectivity index (χ4n) is 1.84. The van der Waals surface area contributed by atoms with Gasteiger partial charge in [-0.1, -0.05) is 46.1 Å². The SMILES string of the molecule is C=C(C(=O)[O-])C(CC(CC)CCCC)C(=O)[O-]. The summed E-state index contributed by atoms with van der Waals surface area (Å²) in [5.74, 6) is -3.84. The molecule has 2 atom stereocenters. The number of rotatable bonds is 9. The van der Waals surface area contributed by atoms with Crippen LogP contribution in [0, 0.1) is 11.8 Å². The minimum Gasteiger partial charge on any atom is -0.549 e. The molecule has 4 heteroatoms. The summed E-state index contributed by atoms with van der Waals surface area (Å²) < 4.78 is 0. The highest BCUT2D eigenvalue weighted by Crippen LogP contribution is 2.25. The lowest BCUT2D eigenvalue weighted by Gasteiger charge is -2.25. The van der Waals surface area contributed by atoms with Crippen LogP contribution in [0.5, 0.6) is 0 Å². The molecule has 0 heterocycles. The molecule has 0 aromatic carbocycles. The number of aliphatic carboxylic acids is 2. The van der Waals surface area contributed by atoms with Crippen LogP contribution in [-0.4, -0.2) is 11.9 Å². The first-order valence-corrected chi connectivity index (χ1v) is 6.04. The maximum atomic E-state index is 10.9. The third-order valence-corrected chi connectivity index (χ3v) is 3.08. The Morgan fingerprint density at radius 2 is 1.82 bits per heavy atom. The third kappa shape index (κ3) is 5.52. The molecule has 0 aliphatic heterocycles. The van der Waals surface area contributed by atoms with Crippen LogP contribution in [0.3, 0.4) is 0 Å². The lowest BCUT2D eigenvalue weighted by atomic mass is 9.85. The van der Waals surface area contributed by atoms with Crippen LogP contribution in [-0.2, 0) is 9.59 Å². The highest BCUT2D eigenvalue weighted by Gasteiger charge is 2.19. The molecule has 0 fully saturated rings. The second-order valence-corrected chi connectivity index (χ2v) is 4.34. The van der Waals surface area contributed by atoms with Gasteiger partial charge in [-0.2, -0.15) is 0 Å². The van der Waals surface area contributed by atoms with Crippen molar-refractivity contribution >= 4 is 11.9 Å². The monoisotopic (exact) mass is 240 g/mol. The molecule has 0 aliphatic carbocycles. The standard InChI is InChI=1S/C13H22O4/c1-4-6-7-10(5-2)8-11(13(16)17)9(3)12(14)15/h10-11H,3-8H2,1-2H3,(H,14,15)(H,16,17)/p-2. The molecule has 17 heavy (non-hydrogen) atoms. The molecule has 0 bridgehead atoms. The Kier molecular flexibility index (Phi) is 7.26. The van der Waals surface area contributed by atoms with Crippen LogP contribution in [0.2, 0.25) is 0 Å². The number of carbonyl (C=O) groups excluding carboxylic acids is 2. The van der Waals surface area contributed by atoms with Gasteiger partial charge in [0.1, 0.15) is 0 Å². The zero-order valence-corrected chi connectivity index (χ0v) is 10.5. The molecule has 0 aromatic rings. The van der Waals surface area contributed by atoms with Crippen molar-refractivity contribution in [3.05, 3.63) is 12.2 Å². The Labute approximate surface area is 102 Å². The van der Waals surface area contributed by atoms with E-state index in [1.807, 2.05) is 6.92 Å². The van der Waals surface area contributed by atoms with E-state index in [1.165, 1.54) is 0 Å². The normalized spacial score (nSPS) is 14.0. The van der Waals surface area contributed by atoms with Crippen LogP contribution in [0.15, 0.2) is 12.2 Å². The first-order chi connectivity index (χ1) is 7.93. The second-order valence-electron chi connectivity index (χ2n) is 4.34. The average Bonchev–Trinajstić information content (AvgIpc) is 2.28. The van der Waals surface area contributed by atoms with Crippen molar-refractivity contribution in [3.63, 3.8) is 0 Å². The molecule has 4 nitrogen and oxygen atoms in total. The van der Waals surface area contributed by atoms with Gasteiger partial charge in [-0.15, -0.1) is 0 Å². The highest BCUT2D eigenvalue weighted by atomic mass is 16.4. The van der Waals surface area contributed by atoms with Crippen molar-refractivity contribution in [2.75, 3.05) is 0 Å². The number of hydrogen-bond acceptors (Lipinski definition) is 4. The molecule has 0 radical (unpaired) electrons. The lowest BCUT2D eigenvalue weighted by molar-refractivity contribution is -0.315. The van der Waals surface area contributed by atoms with Crippen LogP contribution in [0.1, 0.15) is 46.0 Å². The summed E-state index contributed by atoms with van der Waals surface area (Å²) in [6, 6.07) is 0. The van der Waals surface area contributed by atoms with Gasteiger partial charge in [-0.25, -0.2) is 0 Å². The van der Waals surface area contributed by atoms with E-state index in [1.54, 1.807) is 0 Å². The Hall–Kier alpha value is -1.32. The van der Waals surface area contributed by atoms with Crippen molar-refractivity contribution < 1.29 is 19.8 Å². The van der Waals surface area contributed by atoms with Crippen LogP contribution in [0.25, 0.3) is 0 Å². The van der Waals surface area contributed by atoms with Crippen molar-refractivity contribution in [1.29, 1.82) is 0 Å². The maximum absolute atomic E-state index is 10.9. The number of carbonyl (C=O) groups is 2. The van der Waals surface area contributed by atoms with Gasteiger partial charge < -0.3 is 19.8 Å². The predicted molar refractivity (Wildman–Crippen MR) is 60.6 cm³/mol. The second kappa shape index (κ2) is 7.87. The largest absolute Gasteiger partial charge is 0.549 e. The summed E-state index contributed by atoms with van der Waals surface area (Å²) in [6.07, 6.45) is 4.04. The molecule has 0 aromatic heterocycles. The molecule has 0 rings (SSSR count). The molecule has 0 N–H and O–H groups in total. The van der Waals surface area contributed by atoms with Gasteiger partial charge in [0.15, 0.2) is 0 Å². The van der Waals surface area contributed by atoms with Gasteiger partial charge in [0.2, 0.25) is 0 Å². The summed E-state index contributed by atoms with van der Waals surface area (Å²) in [5.41, 5.74) is -0.389. The molecular formula is C13H20O4-2. The number of hydrogen-bond donors (Lipinski definition) is 0. The summed E-state index contributed by atoms with van der Waals surface area (Å²) >= 11 is 0. The van der Waals surface area contributed by atoms with Crippen LogP contribution < -0.4 is 10.2 Å². The Bertz CT molecular complexity index is 283. The van der Waals surface area contributed by atoms with E-state index in [0.717, 1.165) is 25.7 Å². The van der Waals surface area contributed by atoms with E-state index in [4.69, 9.17) is 0 Å². The molecule has 98 valence electrons. The van der Waals surface area contributed by atoms with Gasteiger partial charge in [-0.3, -0.25) is 0 Å². The predicted octanol–water partition coefficient (Wildman–Crippen LogP) is 0.265. The molecule has 0 saturated heterocycles. The average molecular weight is 240 g/mol. The van der Waals surface area contributed by atoms with Crippen molar-refractivity contribution in [2.45, 2.75) is 46.0 Å². The maximum Gasteiger partial charge on any atom is 0.0675 e. The summed E-state index contributed by atoms with van der Waals surface area (Å²) in [7, 11) is 0. The summed E-state index contributed by atoms with van der Waals surface area (Å²) in [5, 5.41) is 21.5. The quantitative estimate of drug-likeness (QED) is 0.542. The van der Waals surface area contributed by atoms with Gasteiger partial charge in [0.05, 0.1) is 5.97 Å². The number of carboxylic acid groups (broad SMARTS) is 2. The number of carboxylic acids is 2. The third-order valence-electron chi connectivity index (χ3n) is 3.08. The van der Waals surface area contributed by atoms with E-state index in [9.17, 15) is 19.8 Å². The fraction of sp³-hybridized carbons (Fsp3) is 0.692. The first kappa shape index (κ1) is 15.7. The first-order valence-electron chi connectivity index (χ1n) is 6.04. The van der Waals surface area contributed by atoms with E-state index < -0.39 is 17.9 Å². The van der Waals surface area contributed by atoms with Crippen molar-refractivity contribution in [1.82, 2.24) is 0 Å². The Morgan fingerprint density at radius 3 is 2.18 bits per heavy atom.